The predicted molar refractivity (Wildman–Crippen MR) is 63.3 cm³/mol. The van der Waals surface area contributed by atoms with Gasteiger partial charge >= 0.3 is 0 Å². The monoisotopic (exact) mass is 225 g/mol. The molecular formula is C12H19NO3. The van der Waals surface area contributed by atoms with Crippen LogP contribution in [0.2, 0.25) is 0 Å². The molecule has 0 saturated heterocycles. The van der Waals surface area contributed by atoms with Crippen molar-refractivity contribution < 1.29 is 14.2 Å². The van der Waals surface area contributed by atoms with Gasteiger partial charge < -0.3 is 19.9 Å². The minimum Gasteiger partial charge on any atom is -0.496 e. The molecule has 16 heavy (non-hydrogen) atoms. The summed E-state index contributed by atoms with van der Waals surface area (Å²) >= 11 is 0. The first kappa shape index (κ1) is 12.6. The number of rotatable bonds is 6. The van der Waals surface area contributed by atoms with E-state index in [0.29, 0.717) is 23.9 Å². The summed E-state index contributed by atoms with van der Waals surface area (Å²) in [5.41, 5.74) is 5.77. The number of hydrogen-bond acceptors (Lipinski definition) is 4. The summed E-state index contributed by atoms with van der Waals surface area (Å²) in [5.74, 6) is 2.12. The van der Waals surface area contributed by atoms with Crippen molar-refractivity contribution in [3.63, 3.8) is 0 Å². The number of benzene rings is 1. The molecule has 1 aromatic rings. The Hall–Kier alpha value is -1.42. The maximum absolute atomic E-state index is 5.77. The quantitative estimate of drug-likeness (QED) is 0.802. The molecule has 1 atom stereocenters. The van der Waals surface area contributed by atoms with Crippen LogP contribution in [0.25, 0.3) is 0 Å². The van der Waals surface area contributed by atoms with Crippen molar-refractivity contribution in [3.8, 4) is 17.2 Å². The summed E-state index contributed by atoms with van der Waals surface area (Å²) < 4.78 is 15.8. The lowest BCUT2D eigenvalue weighted by Crippen LogP contribution is -2.26. The molecule has 0 amide bonds. The fourth-order valence-electron chi connectivity index (χ4n) is 1.19. The molecule has 0 radical (unpaired) electrons. The molecule has 0 saturated carbocycles. The van der Waals surface area contributed by atoms with Gasteiger partial charge in [0.15, 0.2) is 0 Å². The first-order valence-electron chi connectivity index (χ1n) is 5.31. The Morgan fingerprint density at radius 1 is 1.06 bits per heavy atom. The summed E-state index contributed by atoms with van der Waals surface area (Å²) in [6, 6.07) is 5.47. The first-order chi connectivity index (χ1) is 7.69. The van der Waals surface area contributed by atoms with Gasteiger partial charge in [-0.1, -0.05) is 6.92 Å². The SMILES string of the molecule is CCC(N)COc1cc(OC)cc(OC)c1. The zero-order valence-electron chi connectivity index (χ0n) is 10.0. The Kier molecular flexibility index (Phi) is 4.92. The number of hydrogen-bond donors (Lipinski definition) is 1. The molecule has 0 aliphatic rings. The fourth-order valence-corrected chi connectivity index (χ4v) is 1.19. The molecule has 0 aliphatic heterocycles. The van der Waals surface area contributed by atoms with Crippen molar-refractivity contribution >= 4 is 0 Å². The Morgan fingerprint density at radius 2 is 1.56 bits per heavy atom. The zero-order valence-corrected chi connectivity index (χ0v) is 10.0. The van der Waals surface area contributed by atoms with Gasteiger partial charge in [0.2, 0.25) is 0 Å². The Morgan fingerprint density at radius 3 is 2.00 bits per heavy atom. The smallest absolute Gasteiger partial charge is 0.126 e. The van der Waals surface area contributed by atoms with Crippen LogP contribution in [0.3, 0.4) is 0 Å². The highest BCUT2D eigenvalue weighted by atomic mass is 16.5. The van der Waals surface area contributed by atoms with Crippen molar-refractivity contribution in [1.82, 2.24) is 0 Å². The average Bonchev–Trinajstić information content (AvgIpc) is 2.35. The van der Waals surface area contributed by atoms with Crippen LogP contribution in [0, 0.1) is 0 Å². The molecule has 0 aliphatic carbocycles. The minimum atomic E-state index is 0.0530. The topological polar surface area (TPSA) is 53.7 Å². The maximum Gasteiger partial charge on any atom is 0.126 e. The second-order valence-corrected chi connectivity index (χ2v) is 3.53. The van der Waals surface area contributed by atoms with E-state index in [9.17, 15) is 0 Å². The van der Waals surface area contributed by atoms with Gasteiger partial charge in [0.05, 0.1) is 14.2 Å². The van der Waals surface area contributed by atoms with Crippen LogP contribution in [0.1, 0.15) is 13.3 Å². The highest BCUT2D eigenvalue weighted by Crippen LogP contribution is 2.27. The zero-order chi connectivity index (χ0) is 12.0. The van der Waals surface area contributed by atoms with Crippen molar-refractivity contribution in [2.45, 2.75) is 19.4 Å². The van der Waals surface area contributed by atoms with Gasteiger partial charge in [0, 0.05) is 24.2 Å². The van der Waals surface area contributed by atoms with Gasteiger partial charge in [-0.3, -0.25) is 0 Å². The molecule has 4 heteroatoms. The summed E-state index contributed by atoms with van der Waals surface area (Å²) in [5, 5.41) is 0. The van der Waals surface area contributed by atoms with Crippen LogP contribution in [0.15, 0.2) is 18.2 Å². The van der Waals surface area contributed by atoms with Gasteiger partial charge in [-0.15, -0.1) is 0 Å². The predicted octanol–water partition coefficient (Wildman–Crippen LogP) is 1.82. The summed E-state index contributed by atoms with van der Waals surface area (Å²) in [6.45, 7) is 2.52. The second kappa shape index (κ2) is 6.23. The molecule has 1 aromatic carbocycles. The molecule has 1 rings (SSSR count). The van der Waals surface area contributed by atoms with Crippen LogP contribution >= 0.6 is 0 Å². The van der Waals surface area contributed by atoms with E-state index in [1.807, 2.05) is 19.1 Å². The Labute approximate surface area is 96.3 Å². The van der Waals surface area contributed by atoms with Crippen LogP contribution < -0.4 is 19.9 Å². The van der Waals surface area contributed by atoms with Crippen molar-refractivity contribution in [1.29, 1.82) is 0 Å². The molecular weight excluding hydrogens is 206 g/mol. The van der Waals surface area contributed by atoms with E-state index in [1.54, 1.807) is 20.3 Å². The highest BCUT2D eigenvalue weighted by molar-refractivity contribution is 5.41. The first-order valence-corrected chi connectivity index (χ1v) is 5.31. The van der Waals surface area contributed by atoms with E-state index in [-0.39, 0.29) is 6.04 Å². The highest BCUT2D eigenvalue weighted by Gasteiger charge is 2.05. The van der Waals surface area contributed by atoms with Gasteiger partial charge in [-0.25, -0.2) is 0 Å². The van der Waals surface area contributed by atoms with E-state index in [4.69, 9.17) is 19.9 Å². The lowest BCUT2D eigenvalue weighted by Gasteiger charge is -2.13. The summed E-state index contributed by atoms with van der Waals surface area (Å²) in [6.07, 6.45) is 0.890. The maximum atomic E-state index is 5.77. The van der Waals surface area contributed by atoms with Gasteiger partial charge in [0.25, 0.3) is 0 Å². The molecule has 4 nitrogen and oxygen atoms in total. The summed E-state index contributed by atoms with van der Waals surface area (Å²) in [4.78, 5) is 0. The lowest BCUT2D eigenvalue weighted by atomic mass is 10.2. The van der Waals surface area contributed by atoms with Crippen molar-refractivity contribution in [2.24, 2.45) is 5.73 Å². The minimum absolute atomic E-state index is 0.0530. The molecule has 90 valence electrons. The van der Waals surface area contributed by atoms with Crippen LogP contribution in [-0.2, 0) is 0 Å². The molecule has 0 aromatic heterocycles. The average molecular weight is 225 g/mol. The van der Waals surface area contributed by atoms with Crippen molar-refractivity contribution in [3.05, 3.63) is 18.2 Å². The fraction of sp³-hybridized carbons (Fsp3) is 0.500. The lowest BCUT2D eigenvalue weighted by molar-refractivity contribution is 0.281. The van der Waals surface area contributed by atoms with Gasteiger partial charge in [0.1, 0.15) is 23.9 Å². The standard InChI is InChI=1S/C12H19NO3/c1-4-9(13)8-16-12-6-10(14-2)5-11(7-12)15-3/h5-7,9H,4,8,13H2,1-3H3. The second-order valence-electron chi connectivity index (χ2n) is 3.53. The third-order valence-corrected chi connectivity index (χ3v) is 2.31. The number of nitrogens with two attached hydrogens (primary N) is 1. The normalized spacial score (nSPS) is 12.0. The Balaban J connectivity index is 2.71. The molecule has 0 heterocycles. The van der Waals surface area contributed by atoms with Crippen LogP contribution in [-0.4, -0.2) is 26.9 Å². The molecule has 0 bridgehead atoms. The molecule has 1 unspecified atom stereocenters. The van der Waals surface area contributed by atoms with Gasteiger partial charge in [-0.05, 0) is 6.42 Å². The largest absolute Gasteiger partial charge is 0.496 e. The van der Waals surface area contributed by atoms with Crippen LogP contribution in [0.5, 0.6) is 17.2 Å². The van der Waals surface area contributed by atoms with Gasteiger partial charge in [-0.2, -0.15) is 0 Å². The van der Waals surface area contributed by atoms with E-state index in [0.717, 1.165) is 6.42 Å². The third kappa shape index (κ3) is 3.62. The molecule has 2 N–H and O–H groups in total. The number of methoxy groups -OCH3 is 2. The van der Waals surface area contributed by atoms with Crippen LogP contribution in [0.4, 0.5) is 0 Å². The molecule has 0 spiro atoms. The third-order valence-electron chi connectivity index (χ3n) is 2.31. The van der Waals surface area contributed by atoms with Crippen molar-refractivity contribution in [2.75, 3.05) is 20.8 Å². The van der Waals surface area contributed by atoms with E-state index in [2.05, 4.69) is 0 Å². The van der Waals surface area contributed by atoms with E-state index < -0.39 is 0 Å². The molecule has 0 fully saturated rings. The Bertz CT molecular complexity index is 306. The van der Waals surface area contributed by atoms with E-state index >= 15 is 0 Å². The van der Waals surface area contributed by atoms with E-state index in [1.165, 1.54) is 0 Å². The number of ether oxygens (including phenoxy) is 3. The summed E-state index contributed by atoms with van der Waals surface area (Å²) in [7, 11) is 3.21.